The second kappa shape index (κ2) is 13.5. The molecule has 0 radical (unpaired) electrons. The summed E-state index contributed by atoms with van der Waals surface area (Å²) in [7, 11) is 6.04. The van der Waals surface area contributed by atoms with Gasteiger partial charge in [-0.05, 0) is 82.7 Å². The van der Waals surface area contributed by atoms with Crippen molar-refractivity contribution in [1.29, 1.82) is 0 Å². The van der Waals surface area contributed by atoms with Crippen molar-refractivity contribution in [2.45, 2.75) is 101 Å². The lowest BCUT2D eigenvalue weighted by Crippen LogP contribution is -2.56. The maximum Gasteiger partial charge on any atom is 0.336 e. The first kappa shape index (κ1) is 28.5. The SMILES string of the molecule is COC(=O)C1(CSC)N=CN(C2CCCCC2)C1CC1CCC(C(CCc2ccccc2)N(C)C)CC1. The summed E-state index contributed by atoms with van der Waals surface area (Å²) in [5.41, 5.74) is 0.685. The van der Waals surface area contributed by atoms with Crippen LogP contribution in [0.4, 0.5) is 0 Å². The Hall–Kier alpha value is -1.53. The third kappa shape index (κ3) is 6.73. The second-order valence-electron chi connectivity index (χ2n) is 11.9. The van der Waals surface area contributed by atoms with Crippen molar-refractivity contribution in [3.8, 4) is 0 Å². The molecule has 0 bridgehead atoms. The highest BCUT2D eigenvalue weighted by Gasteiger charge is 2.54. The number of carbonyl (C=O) groups is 1. The molecule has 0 saturated heterocycles. The molecule has 2 saturated carbocycles. The van der Waals surface area contributed by atoms with Crippen LogP contribution in [0.5, 0.6) is 0 Å². The second-order valence-corrected chi connectivity index (χ2v) is 12.8. The number of thioether (sulfide) groups is 1. The summed E-state index contributed by atoms with van der Waals surface area (Å²) >= 11 is 1.72. The van der Waals surface area contributed by atoms with Gasteiger partial charge in [-0.3, -0.25) is 4.99 Å². The normalized spacial score (nSPS) is 29.5. The zero-order valence-electron chi connectivity index (χ0n) is 23.6. The Morgan fingerprint density at radius 1 is 1.11 bits per heavy atom. The maximum atomic E-state index is 13.2. The van der Waals surface area contributed by atoms with Crippen molar-refractivity contribution >= 4 is 24.1 Å². The lowest BCUT2D eigenvalue weighted by atomic mass is 9.73. The van der Waals surface area contributed by atoms with Crippen LogP contribution in [-0.2, 0) is 16.0 Å². The van der Waals surface area contributed by atoms with Gasteiger partial charge in [0.05, 0.1) is 19.5 Å². The molecule has 206 valence electrons. The molecule has 0 spiro atoms. The number of aryl methyl sites for hydroxylation is 1. The molecule has 2 fully saturated rings. The van der Waals surface area contributed by atoms with E-state index < -0.39 is 5.54 Å². The molecule has 6 heteroatoms. The molecule has 37 heavy (non-hydrogen) atoms. The number of ether oxygens (including phenoxy) is 1. The summed E-state index contributed by atoms with van der Waals surface area (Å²) in [5.74, 6) is 1.95. The van der Waals surface area contributed by atoms with Crippen LogP contribution in [-0.4, -0.2) is 79.0 Å². The molecule has 0 N–H and O–H groups in total. The Bertz CT molecular complexity index is 864. The van der Waals surface area contributed by atoms with Crippen LogP contribution < -0.4 is 0 Å². The van der Waals surface area contributed by atoms with E-state index in [0.717, 1.165) is 18.8 Å². The fraction of sp³-hybridized carbons (Fsp3) is 0.742. The maximum absolute atomic E-state index is 13.2. The molecule has 2 aliphatic carbocycles. The molecule has 4 rings (SSSR count). The Kier molecular flexibility index (Phi) is 10.4. The van der Waals surface area contributed by atoms with Crippen molar-refractivity contribution in [1.82, 2.24) is 9.80 Å². The van der Waals surface area contributed by atoms with Gasteiger partial charge < -0.3 is 14.5 Å². The summed E-state index contributed by atoms with van der Waals surface area (Å²) in [6.07, 6.45) is 19.0. The van der Waals surface area contributed by atoms with Gasteiger partial charge in [0, 0.05) is 17.8 Å². The summed E-state index contributed by atoms with van der Waals surface area (Å²) in [4.78, 5) is 23.1. The molecule has 5 nitrogen and oxygen atoms in total. The van der Waals surface area contributed by atoms with Crippen LogP contribution >= 0.6 is 11.8 Å². The lowest BCUT2D eigenvalue weighted by molar-refractivity contribution is -0.148. The van der Waals surface area contributed by atoms with Gasteiger partial charge in [-0.1, -0.05) is 62.4 Å². The van der Waals surface area contributed by atoms with E-state index in [2.05, 4.69) is 60.5 Å². The lowest BCUT2D eigenvalue weighted by Gasteiger charge is -2.43. The molecule has 3 unspecified atom stereocenters. The third-order valence-electron chi connectivity index (χ3n) is 9.46. The Morgan fingerprint density at radius 2 is 1.81 bits per heavy atom. The van der Waals surface area contributed by atoms with Crippen LogP contribution in [0.1, 0.15) is 76.2 Å². The monoisotopic (exact) mass is 527 g/mol. The minimum atomic E-state index is -0.760. The number of aliphatic imine (C=N–C) groups is 1. The molecule has 3 aliphatic rings. The average molecular weight is 528 g/mol. The highest BCUT2D eigenvalue weighted by atomic mass is 32.2. The Balaban J connectivity index is 1.42. The van der Waals surface area contributed by atoms with Crippen molar-refractivity contribution in [2.75, 3.05) is 33.2 Å². The largest absolute Gasteiger partial charge is 0.467 e. The zero-order valence-corrected chi connectivity index (χ0v) is 24.4. The van der Waals surface area contributed by atoms with E-state index in [1.54, 1.807) is 11.8 Å². The smallest absolute Gasteiger partial charge is 0.336 e. The van der Waals surface area contributed by atoms with E-state index in [1.165, 1.54) is 76.9 Å². The number of esters is 1. The van der Waals surface area contributed by atoms with Gasteiger partial charge >= 0.3 is 5.97 Å². The van der Waals surface area contributed by atoms with Gasteiger partial charge in [0.25, 0.3) is 0 Å². The fourth-order valence-electron chi connectivity index (χ4n) is 7.40. The number of benzene rings is 1. The van der Waals surface area contributed by atoms with Gasteiger partial charge in [0.2, 0.25) is 0 Å². The number of hydrogen-bond acceptors (Lipinski definition) is 6. The van der Waals surface area contributed by atoms with Gasteiger partial charge in [0.1, 0.15) is 0 Å². The topological polar surface area (TPSA) is 45.1 Å². The number of hydrogen-bond donors (Lipinski definition) is 0. The molecule has 3 atom stereocenters. The Morgan fingerprint density at radius 3 is 2.43 bits per heavy atom. The molecule has 0 amide bonds. The Labute approximate surface area is 229 Å². The van der Waals surface area contributed by atoms with E-state index in [9.17, 15) is 4.79 Å². The van der Waals surface area contributed by atoms with E-state index >= 15 is 0 Å². The predicted molar refractivity (Wildman–Crippen MR) is 156 cm³/mol. The van der Waals surface area contributed by atoms with E-state index in [4.69, 9.17) is 9.73 Å². The fourth-order valence-corrected chi connectivity index (χ4v) is 8.23. The molecular formula is C31H49N3O2S. The molecular weight excluding hydrogens is 478 g/mol. The van der Waals surface area contributed by atoms with Crippen molar-refractivity contribution in [3.05, 3.63) is 35.9 Å². The van der Waals surface area contributed by atoms with Gasteiger partial charge in [-0.2, -0.15) is 11.8 Å². The van der Waals surface area contributed by atoms with Gasteiger partial charge in [-0.15, -0.1) is 0 Å². The van der Waals surface area contributed by atoms with E-state index in [1.807, 2.05) is 6.34 Å². The van der Waals surface area contributed by atoms with Gasteiger partial charge in [0.15, 0.2) is 5.54 Å². The van der Waals surface area contributed by atoms with Crippen molar-refractivity contribution in [3.63, 3.8) is 0 Å². The first-order valence-corrected chi connectivity index (χ1v) is 16.0. The minimum absolute atomic E-state index is 0.125. The number of methoxy groups -OCH3 is 1. The van der Waals surface area contributed by atoms with E-state index in [-0.39, 0.29) is 12.0 Å². The summed E-state index contributed by atoms with van der Waals surface area (Å²) in [6, 6.07) is 12.2. The minimum Gasteiger partial charge on any atom is -0.467 e. The molecule has 1 aromatic carbocycles. The van der Waals surface area contributed by atoms with E-state index in [0.29, 0.717) is 23.8 Å². The summed E-state index contributed by atoms with van der Waals surface area (Å²) in [6.45, 7) is 0. The van der Waals surface area contributed by atoms with Crippen molar-refractivity contribution in [2.24, 2.45) is 16.8 Å². The highest BCUT2D eigenvalue weighted by molar-refractivity contribution is 7.98. The zero-order chi connectivity index (χ0) is 26.3. The van der Waals surface area contributed by atoms with Crippen molar-refractivity contribution < 1.29 is 9.53 Å². The molecule has 1 heterocycles. The molecule has 1 aliphatic heterocycles. The first-order chi connectivity index (χ1) is 18.0. The predicted octanol–water partition coefficient (Wildman–Crippen LogP) is 6.07. The van der Waals surface area contributed by atoms with Crippen LogP contribution in [0.25, 0.3) is 0 Å². The first-order valence-electron chi connectivity index (χ1n) is 14.6. The number of rotatable bonds is 11. The summed E-state index contributed by atoms with van der Waals surface area (Å²) in [5, 5.41) is 0. The van der Waals surface area contributed by atoms with Crippen LogP contribution in [0.2, 0.25) is 0 Å². The highest BCUT2D eigenvalue weighted by Crippen LogP contribution is 2.42. The van der Waals surface area contributed by atoms with Crippen LogP contribution in [0.15, 0.2) is 35.3 Å². The summed E-state index contributed by atoms with van der Waals surface area (Å²) < 4.78 is 5.39. The number of nitrogens with zero attached hydrogens (tertiary/aromatic N) is 3. The van der Waals surface area contributed by atoms with Crippen LogP contribution in [0, 0.1) is 11.8 Å². The molecule has 0 aromatic heterocycles. The standard InChI is InChI=1S/C31H49N3O2S/c1-33(2)28(20-17-24-11-7-5-8-12-24)26-18-15-25(16-19-26)21-29-31(22-37-4,30(35)36-3)32-23-34(29)27-13-9-6-10-14-27/h5,7-8,11-12,23,25-29H,6,9-10,13-22H2,1-4H3. The average Bonchev–Trinajstić information content (AvgIpc) is 3.29. The van der Waals surface area contributed by atoms with Crippen LogP contribution in [0.3, 0.4) is 0 Å². The third-order valence-corrected chi connectivity index (χ3v) is 10.2. The quantitative estimate of drug-likeness (QED) is 0.327. The number of carbonyl (C=O) groups excluding carboxylic acids is 1. The molecule has 1 aromatic rings. The van der Waals surface area contributed by atoms with Gasteiger partial charge in [-0.25, -0.2) is 4.79 Å².